The number of fused-ring (bicyclic) bond motifs is 1. The minimum atomic E-state index is -0.207. The third-order valence-corrected chi connectivity index (χ3v) is 7.32. The van der Waals surface area contributed by atoms with E-state index < -0.39 is 0 Å². The molecule has 4 heterocycles. The Bertz CT molecular complexity index is 1480. The number of nitrogens with one attached hydrogen (secondary N) is 2. The molecule has 0 bridgehead atoms. The fraction of sp³-hybridized carbons (Fsp3) is 0.290. The predicted molar refractivity (Wildman–Crippen MR) is 151 cm³/mol. The first-order chi connectivity index (χ1) is 18.7. The van der Waals surface area contributed by atoms with E-state index in [2.05, 4.69) is 54.7 Å². The van der Waals surface area contributed by atoms with Crippen molar-refractivity contribution in [2.75, 3.05) is 19.6 Å². The van der Waals surface area contributed by atoms with Gasteiger partial charge in [-0.1, -0.05) is 48.9 Å². The van der Waals surface area contributed by atoms with Gasteiger partial charge in [0.2, 0.25) is 0 Å². The number of likely N-dealkylation sites (tertiary alicyclic amines) is 1. The minimum absolute atomic E-state index is 0.160. The molecule has 1 saturated heterocycles. The van der Waals surface area contributed by atoms with Crippen molar-refractivity contribution in [2.45, 2.75) is 38.3 Å². The number of H-pyrrole nitrogens is 1. The van der Waals surface area contributed by atoms with Gasteiger partial charge in [0.1, 0.15) is 0 Å². The second kappa shape index (κ2) is 11.1. The Morgan fingerprint density at radius 2 is 1.84 bits per heavy atom. The number of aromatic amines is 1. The Kier molecular flexibility index (Phi) is 7.09. The molecule has 1 fully saturated rings. The van der Waals surface area contributed by atoms with Crippen LogP contribution in [0.15, 0.2) is 84.1 Å². The summed E-state index contributed by atoms with van der Waals surface area (Å²) in [4.78, 5) is 24.9. The molecular formula is C31H32N6O. The smallest absolute Gasteiger partial charge is 0.272 e. The van der Waals surface area contributed by atoms with Gasteiger partial charge in [-0.2, -0.15) is 5.10 Å². The first-order valence-electron chi connectivity index (χ1n) is 13.4. The Labute approximate surface area is 222 Å². The largest absolute Gasteiger partial charge is 0.343 e. The number of aliphatic imine (C=N–C) groups is 1. The maximum absolute atomic E-state index is 13.2. The van der Waals surface area contributed by atoms with Gasteiger partial charge in [0.05, 0.1) is 18.1 Å². The number of carbonyl (C=O) groups is 1. The molecule has 7 heteroatoms. The van der Waals surface area contributed by atoms with E-state index in [0.717, 1.165) is 53.8 Å². The van der Waals surface area contributed by atoms with E-state index in [9.17, 15) is 4.79 Å². The highest BCUT2D eigenvalue weighted by atomic mass is 16.2. The second-order valence-corrected chi connectivity index (χ2v) is 10.2. The summed E-state index contributed by atoms with van der Waals surface area (Å²) >= 11 is 0. The molecule has 2 aliphatic heterocycles. The highest BCUT2D eigenvalue weighted by Gasteiger charge is 2.19. The zero-order valence-corrected chi connectivity index (χ0v) is 21.4. The lowest BCUT2D eigenvalue weighted by Crippen LogP contribution is -2.37. The zero-order chi connectivity index (χ0) is 25.7. The van der Waals surface area contributed by atoms with Gasteiger partial charge in [-0.3, -0.25) is 24.8 Å². The molecule has 38 heavy (non-hydrogen) atoms. The van der Waals surface area contributed by atoms with Crippen LogP contribution in [-0.2, 0) is 13.0 Å². The second-order valence-electron chi connectivity index (χ2n) is 10.2. The molecule has 1 atom stereocenters. The highest BCUT2D eigenvalue weighted by molar-refractivity contribution is 6.06. The molecule has 0 radical (unpaired) electrons. The number of benzene rings is 2. The number of nitrogens with zero attached hydrogens (tertiary/aromatic N) is 4. The molecular weight excluding hydrogens is 472 g/mol. The van der Waals surface area contributed by atoms with Crippen LogP contribution in [0.25, 0.3) is 22.0 Å². The molecule has 192 valence electrons. The van der Waals surface area contributed by atoms with Gasteiger partial charge in [-0.25, -0.2) is 0 Å². The van der Waals surface area contributed by atoms with E-state index in [1.54, 1.807) is 0 Å². The molecule has 2 aromatic heterocycles. The Morgan fingerprint density at radius 3 is 2.66 bits per heavy atom. The third-order valence-electron chi connectivity index (χ3n) is 7.32. The molecule has 0 saturated carbocycles. The van der Waals surface area contributed by atoms with Gasteiger partial charge in [0.15, 0.2) is 5.69 Å². The van der Waals surface area contributed by atoms with E-state index in [1.165, 1.54) is 30.4 Å². The van der Waals surface area contributed by atoms with Crippen LogP contribution in [0, 0.1) is 0 Å². The first-order valence-corrected chi connectivity index (χ1v) is 13.4. The maximum Gasteiger partial charge on any atom is 0.272 e. The van der Waals surface area contributed by atoms with Crippen LogP contribution in [0.1, 0.15) is 40.9 Å². The maximum atomic E-state index is 13.2. The number of pyridine rings is 1. The summed E-state index contributed by atoms with van der Waals surface area (Å²) in [5.74, 6) is -0.207. The van der Waals surface area contributed by atoms with Crippen LogP contribution in [0.3, 0.4) is 0 Å². The quantitative estimate of drug-likeness (QED) is 0.372. The van der Waals surface area contributed by atoms with E-state index in [0.29, 0.717) is 12.2 Å². The lowest BCUT2D eigenvalue weighted by molar-refractivity contribution is 0.0942. The standard InChI is InChI=1S/C31H32N6O/c38-31(34-27-11-10-26(33-20-27)16-22-7-3-1-4-8-22)30-28-17-24(9-12-29(28)35-36-30)25-15-23(18-32-19-25)21-37-13-5-2-6-14-37/h1,3-4,7-12,15,17-19,27H,2,5-6,13-14,16,20-21H2,(H,34,38)(H,35,36). The topological polar surface area (TPSA) is 86.3 Å². The summed E-state index contributed by atoms with van der Waals surface area (Å²) in [6.45, 7) is 3.75. The van der Waals surface area contributed by atoms with Crippen LogP contribution in [0.2, 0.25) is 0 Å². The van der Waals surface area contributed by atoms with E-state index in [4.69, 9.17) is 0 Å². The Morgan fingerprint density at radius 1 is 0.974 bits per heavy atom. The van der Waals surface area contributed by atoms with Crippen molar-refractivity contribution in [3.63, 3.8) is 0 Å². The molecule has 0 aliphatic carbocycles. The number of amides is 1. The van der Waals surface area contributed by atoms with E-state index >= 15 is 0 Å². The lowest BCUT2D eigenvalue weighted by Gasteiger charge is -2.26. The molecule has 6 rings (SSSR count). The molecule has 1 amide bonds. The molecule has 2 N–H and O–H groups in total. The van der Waals surface area contributed by atoms with Crippen molar-refractivity contribution >= 4 is 22.5 Å². The van der Waals surface area contributed by atoms with Crippen LogP contribution in [0.5, 0.6) is 0 Å². The van der Waals surface area contributed by atoms with Gasteiger partial charge in [0.25, 0.3) is 5.91 Å². The number of hydrogen-bond acceptors (Lipinski definition) is 5. The molecule has 2 aromatic carbocycles. The highest BCUT2D eigenvalue weighted by Crippen LogP contribution is 2.26. The summed E-state index contributed by atoms with van der Waals surface area (Å²) in [5.41, 5.74) is 6.76. The normalized spacial score (nSPS) is 17.9. The van der Waals surface area contributed by atoms with Crippen molar-refractivity contribution in [3.8, 4) is 11.1 Å². The number of dihydropyridines is 1. The SMILES string of the molecule is O=C(NC1C=CC(Cc2ccccc2)=NC1)c1n[nH]c2ccc(-c3cncc(CN4CCCCC4)c3)cc12. The third kappa shape index (κ3) is 5.58. The van der Waals surface area contributed by atoms with Crippen LogP contribution in [0.4, 0.5) is 0 Å². The monoisotopic (exact) mass is 504 g/mol. The number of allylic oxidation sites excluding steroid dienone is 1. The van der Waals surface area contributed by atoms with Gasteiger partial charge in [-0.15, -0.1) is 0 Å². The van der Waals surface area contributed by atoms with Gasteiger partial charge >= 0.3 is 0 Å². The zero-order valence-electron chi connectivity index (χ0n) is 21.4. The van der Waals surface area contributed by atoms with E-state index in [-0.39, 0.29) is 11.9 Å². The average molecular weight is 505 g/mol. The number of piperidine rings is 1. The van der Waals surface area contributed by atoms with Crippen LogP contribution >= 0.6 is 0 Å². The average Bonchev–Trinajstić information content (AvgIpc) is 3.39. The van der Waals surface area contributed by atoms with Crippen molar-refractivity contribution in [1.29, 1.82) is 0 Å². The number of rotatable bonds is 7. The summed E-state index contributed by atoms with van der Waals surface area (Å²) in [6, 6.07) is 18.4. The summed E-state index contributed by atoms with van der Waals surface area (Å²) in [5, 5.41) is 11.2. The summed E-state index contributed by atoms with van der Waals surface area (Å²) in [6.07, 6.45) is 12.5. The molecule has 0 spiro atoms. The lowest BCUT2D eigenvalue weighted by atomic mass is 10.0. The number of hydrogen-bond donors (Lipinski definition) is 2. The Balaban J connectivity index is 1.14. The summed E-state index contributed by atoms with van der Waals surface area (Å²) < 4.78 is 0. The molecule has 1 unspecified atom stereocenters. The van der Waals surface area contributed by atoms with Gasteiger partial charge < -0.3 is 5.32 Å². The fourth-order valence-corrected chi connectivity index (χ4v) is 5.28. The van der Waals surface area contributed by atoms with Gasteiger partial charge in [0, 0.05) is 42.0 Å². The predicted octanol–water partition coefficient (Wildman–Crippen LogP) is 4.96. The van der Waals surface area contributed by atoms with E-state index in [1.807, 2.05) is 54.9 Å². The molecule has 7 nitrogen and oxygen atoms in total. The minimum Gasteiger partial charge on any atom is -0.343 e. The fourth-order valence-electron chi connectivity index (χ4n) is 5.28. The summed E-state index contributed by atoms with van der Waals surface area (Å²) in [7, 11) is 0. The Hall–Kier alpha value is -4.10. The van der Waals surface area contributed by atoms with Crippen LogP contribution < -0.4 is 5.32 Å². The molecule has 4 aromatic rings. The van der Waals surface area contributed by atoms with Crippen LogP contribution in [-0.4, -0.2) is 57.4 Å². The van der Waals surface area contributed by atoms with Crippen molar-refractivity contribution in [3.05, 3.63) is 96.0 Å². The van der Waals surface area contributed by atoms with Crippen molar-refractivity contribution in [2.24, 2.45) is 4.99 Å². The molecule has 2 aliphatic rings. The number of aromatic nitrogens is 3. The van der Waals surface area contributed by atoms with Gasteiger partial charge in [-0.05, 0) is 66.9 Å². The first kappa shape index (κ1) is 24.2. The van der Waals surface area contributed by atoms with Crippen molar-refractivity contribution < 1.29 is 4.79 Å². The number of carbonyl (C=O) groups excluding carboxylic acids is 1. The van der Waals surface area contributed by atoms with Crippen molar-refractivity contribution in [1.82, 2.24) is 25.4 Å².